The maximum absolute atomic E-state index is 13.4. The van der Waals surface area contributed by atoms with Crippen LogP contribution in [0.15, 0.2) is 72.8 Å². The fourth-order valence-electron chi connectivity index (χ4n) is 3.89. The Morgan fingerprint density at radius 3 is 2.10 bits per heavy atom. The molecule has 0 aliphatic carbocycles. The highest BCUT2D eigenvalue weighted by Gasteiger charge is 2.18. The summed E-state index contributed by atoms with van der Waals surface area (Å²) in [5, 5.41) is 2.78. The van der Waals surface area contributed by atoms with Gasteiger partial charge in [-0.05, 0) is 35.4 Å². The molecule has 1 aliphatic rings. The highest BCUT2D eigenvalue weighted by atomic mass is 19.1. The molecular formula is C25H25F2N3O. The Balaban J connectivity index is 1.35. The smallest absolute Gasteiger partial charge is 0.251 e. The second kappa shape index (κ2) is 9.71. The lowest BCUT2D eigenvalue weighted by molar-refractivity contribution is 0.0949. The SMILES string of the molecule is O=C(NCc1ccccc1CN1CCN(c2ccccc2)CC1)c1cc(F)cc(F)c1. The van der Waals surface area contributed by atoms with Crippen LogP contribution in [0, 0.1) is 11.6 Å². The van der Waals surface area contributed by atoms with Crippen LogP contribution < -0.4 is 10.2 Å². The van der Waals surface area contributed by atoms with Gasteiger partial charge in [-0.25, -0.2) is 8.78 Å². The number of rotatable bonds is 6. The average Bonchev–Trinajstić information content (AvgIpc) is 2.79. The first-order valence-electron chi connectivity index (χ1n) is 10.4. The standard InChI is InChI=1S/C25H25F2N3O/c26-22-14-21(15-23(27)16-22)25(31)28-17-19-6-4-5-7-20(19)18-29-10-12-30(13-11-29)24-8-2-1-3-9-24/h1-9,14-16H,10-13,17-18H2,(H,28,31). The van der Waals surface area contributed by atoms with Crippen LogP contribution in [0.2, 0.25) is 0 Å². The second-order valence-corrected chi connectivity index (χ2v) is 7.71. The van der Waals surface area contributed by atoms with Crippen LogP contribution in [-0.4, -0.2) is 37.0 Å². The molecule has 1 fully saturated rings. The minimum absolute atomic E-state index is 0.0213. The van der Waals surface area contributed by atoms with Crippen LogP contribution in [0.25, 0.3) is 0 Å². The van der Waals surface area contributed by atoms with E-state index < -0.39 is 17.5 Å². The van der Waals surface area contributed by atoms with Gasteiger partial charge >= 0.3 is 0 Å². The quantitative estimate of drug-likeness (QED) is 0.648. The molecule has 0 spiro atoms. The van der Waals surface area contributed by atoms with Crippen LogP contribution in [0.1, 0.15) is 21.5 Å². The topological polar surface area (TPSA) is 35.6 Å². The molecule has 1 heterocycles. The normalized spacial score (nSPS) is 14.5. The van der Waals surface area contributed by atoms with E-state index in [1.54, 1.807) is 0 Å². The Hall–Kier alpha value is -3.25. The minimum Gasteiger partial charge on any atom is -0.369 e. The first-order valence-corrected chi connectivity index (χ1v) is 10.4. The van der Waals surface area contributed by atoms with Crippen LogP contribution in [-0.2, 0) is 13.1 Å². The van der Waals surface area contributed by atoms with Crippen molar-refractivity contribution in [2.24, 2.45) is 0 Å². The van der Waals surface area contributed by atoms with Crippen molar-refractivity contribution in [2.45, 2.75) is 13.1 Å². The van der Waals surface area contributed by atoms with Crippen LogP contribution in [0.5, 0.6) is 0 Å². The molecule has 0 bridgehead atoms. The number of hydrogen-bond acceptors (Lipinski definition) is 3. The summed E-state index contributed by atoms with van der Waals surface area (Å²) in [6, 6.07) is 21.2. The van der Waals surface area contributed by atoms with Crippen molar-refractivity contribution < 1.29 is 13.6 Å². The van der Waals surface area contributed by atoms with Crippen LogP contribution >= 0.6 is 0 Å². The van der Waals surface area contributed by atoms with Gasteiger partial charge in [-0.3, -0.25) is 9.69 Å². The van der Waals surface area contributed by atoms with Gasteiger partial charge in [-0.1, -0.05) is 42.5 Å². The number of nitrogens with one attached hydrogen (secondary N) is 1. The summed E-state index contributed by atoms with van der Waals surface area (Å²) in [5.41, 5.74) is 3.37. The molecule has 0 atom stereocenters. The lowest BCUT2D eigenvalue weighted by Crippen LogP contribution is -2.46. The molecule has 0 unspecified atom stereocenters. The molecule has 160 valence electrons. The zero-order valence-electron chi connectivity index (χ0n) is 17.2. The number of para-hydroxylation sites is 1. The van der Waals surface area contributed by atoms with Gasteiger partial charge in [0.05, 0.1) is 0 Å². The molecule has 6 heteroatoms. The van der Waals surface area contributed by atoms with E-state index in [1.807, 2.05) is 24.3 Å². The van der Waals surface area contributed by atoms with Crippen molar-refractivity contribution >= 4 is 11.6 Å². The van der Waals surface area contributed by atoms with E-state index in [2.05, 4.69) is 45.4 Å². The largest absolute Gasteiger partial charge is 0.369 e. The van der Waals surface area contributed by atoms with Crippen molar-refractivity contribution in [2.75, 3.05) is 31.1 Å². The van der Waals surface area contributed by atoms with E-state index in [0.717, 1.165) is 62.0 Å². The summed E-state index contributed by atoms with van der Waals surface area (Å²) < 4.78 is 26.8. The number of piperazine rings is 1. The fraction of sp³-hybridized carbons (Fsp3) is 0.240. The third-order valence-corrected chi connectivity index (χ3v) is 5.57. The molecule has 1 aliphatic heterocycles. The van der Waals surface area contributed by atoms with Crippen molar-refractivity contribution in [3.8, 4) is 0 Å². The average molecular weight is 421 g/mol. The fourth-order valence-corrected chi connectivity index (χ4v) is 3.89. The Labute approximate surface area is 181 Å². The molecule has 0 saturated carbocycles. The molecule has 0 radical (unpaired) electrons. The van der Waals surface area contributed by atoms with Gasteiger partial charge in [0.25, 0.3) is 5.91 Å². The van der Waals surface area contributed by atoms with Crippen LogP contribution in [0.4, 0.5) is 14.5 Å². The third kappa shape index (κ3) is 5.47. The summed E-state index contributed by atoms with van der Waals surface area (Å²) in [7, 11) is 0. The molecule has 1 N–H and O–H groups in total. The van der Waals surface area contributed by atoms with Gasteiger partial charge in [-0.2, -0.15) is 0 Å². The van der Waals surface area contributed by atoms with Gasteiger partial charge in [0.2, 0.25) is 0 Å². The maximum atomic E-state index is 13.4. The number of hydrogen-bond donors (Lipinski definition) is 1. The first-order chi connectivity index (χ1) is 15.1. The van der Waals surface area contributed by atoms with Crippen molar-refractivity contribution in [1.29, 1.82) is 0 Å². The van der Waals surface area contributed by atoms with Crippen molar-refractivity contribution in [3.63, 3.8) is 0 Å². The molecule has 31 heavy (non-hydrogen) atoms. The summed E-state index contributed by atoms with van der Waals surface area (Å²) in [4.78, 5) is 17.1. The highest BCUT2D eigenvalue weighted by molar-refractivity contribution is 5.94. The van der Waals surface area contributed by atoms with E-state index >= 15 is 0 Å². The third-order valence-electron chi connectivity index (χ3n) is 5.57. The molecule has 4 nitrogen and oxygen atoms in total. The van der Waals surface area contributed by atoms with E-state index in [0.29, 0.717) is 6.54 Å². The molecule has 4 rings (SSSR count). The number of carbonyl (C=O) groups is 1. The zero-order valence-corrected chi connectivity index (χ0v) is 17.2. The number of anilines is 1. The van der Waals surface area contributed by atoms with Crippen LogP contribution in [0.3, 0.4) is 0 Å². The Morgan fingerprint density at radius 2 is 1.42 bits per heavy atom. The predicted octanol–water partition coefficient (Wildman–Crippen LogP) is 4.22. The number of nitrogens with zero attached hydrogens (tertiary/aromatic N) is 2. The summed E-state index contributed by atoms with van der Waals surface area (Å²) in [6.45, 7) is 4.94. The van der Waals surface area contributed by atoms with Gasteiger partial charge in [-0.15, -0.1) is 0 Å². The summed E-state index contributed by atoms with van der Waals surface area (Å²) in [5.74, 6) is -2.02. The van der Waals surface area contributed by atoms with Gasteiger partial charge in [0.1, 0.15) is 11.6 Å². The number of halogens is 2. The molecular weight excluding hydrogens is 396 g/mol. The summed E-state index contributed by atoms with van der Waals surface area (Å²) >= 11 is 0. The second-order valence-electron chi connectivity index (χ2n) is 7.71. The lowest BCUT2D eigenvalue weighted by Gasteiger charge is -2.36. The highest BCUT2D eigenvalue weighted by Crippen LogP contribution is 2.18. The number of carbonyl (C=O) groups excluding carboxylic acids is 1. The van der Waals surface area contributed by atoms with Crippen molar-refractivity contribution in [3.05, 3.63) is 101 Å². The van der Waals surface area contributed by atoms with E-state index in [4.69, 9.17) is 0 Å². The molecule has 1 saturated heterocycles. The van der Waals surface area contributed by atoms with Crippen molar-refractivity contribution in [1.82, 2.24) is 10.2 Å². The van der Waals surface area contributed by atoms with E-state index in [-0.39, 0.29) is 5.56 Å². The monoisotopic (exact) mass is 421 g/mol. The van der Waals surface area contributed by atoms with Gasteiger partial charge in [0.15, 0.2) is 0 Å². The van der Waals surface area contributed by atoms with E-state index in [9.17, 15) is 13.6 Å². The van der Waals surface area contributed by atoms with Gasteiger partial charge in [0, 0.05) is 56.6 Å². The number of amides is 1. The molecule has 3 aromatic rings. The molecule has 3 aromatic carbocycles. The molecule has 0 aromatic heterocycles. The minimum atomic E-state index is -0.764. The van der Waals surface area contributed by atoms with E-state index in [1.165, 1.54) is 5.69 Å². The zero-order chi connectivity index (χ0) is 21.6. The molecule has 1 amide bonds. The first kappa shape index (κ1) is 21.0. The predicted molar refractivity (Wildman–Crippen MR) is 118 cm³/mol. The Morgan fingerprint density at radius 1 is 0.806 bits per heavy atom. The van der Waals surface area contributed by atoms with Gasteiger partial charge < -0.3 is 10.2 Å². The summed E-state index contributed by atoms with van der Waals surface area (Å²) in [6.07, 6.45) is 0. The lowest BCUT2D eigenvalue weighted by atomic mass is 10.1. The Bertz CT molecular complexity index is 1010. The maximum Gasteiger partial charge on any atom is 0.251 e. The number of benzene rings is 3. The Kier molecular flexibility index (Phi) is 6.57.